The fourth-order valence-electron chi connectivity index (χ4n) is 2.11. The van der Waals surface area contributed by atoms with Crippen LogP contribution in [0.15, 0.2) is 59.8 Å². The molecule has 1 aliphatic rings. The van der Waals surface area contributed by atoms with Crippen molar-refractivity contribution in [3.8, 4) is 12.3 Å². The molecule has 2 nitrogen and oxygen atoms in total. The van der Waals surface area contributed by atoms with Crippen molar-refractivity contribution in [1.29, 1.82) is 0 Å². The minimum atomic E-state index is 0.556. The molecule has 1 aromatic carbocycles. The van der Waals surface area contributed by atoms with Crippen LogP contribution in [0.5, 0.6) is 0 Å². The average molecular weight is 251 g/mol. The second-order valence-corrected chi connectivity index (χ2v) is 4.26. The molecule has 2 rings (SSSR count). The van der Waals surface area contributed by atoms with Gasteiger partial charge >= 0.3 is 0 Å². The standard InChI is InChI=1S/C17H17NO/c1-5-15-12-13(3)17(16-10-8-7-9-11-16)18(14(15)4)19-6-2/h1,7-12H,4,6H2,2-3H3. The first kappa shape index (κ1) is 13.2. The van der Waals surface area contributed by atoms with Gasteiger partial charge in [-0.15, -0.1) is 6.42 Å². The molecule has 2 heteroatoms. The summed E-state index contributed by atoms with van der Waals surface area (Å²) in [6.45, 7) is 8.56. The van der Waals surface area contributed by atoms with Crippen LogP contribution in [0.1, 0.15) is 19.4 Å². The van der Waals surface area contributed by atoms with Gasteiger partial charge in [0.15, 0.2) is 0 Å². The molecule has 1 aliphatic heterocycles. The number of hydrogen-bond acceptors (Lipinski definition) is 2. The third kappa shape index (κ3) is 2.47. The maximum Gasteiger partial charge on any atom is 0.0797 e. The molecule has 0 radical (unpaired) electrons. The number of terminal acetylenes is 1. The molecule has 0 unspecified atom stereocenters. The molecule has 1 heterocycles. The Labute approximate surface area is 114 Å². The Morgan fingerprint density at radius 3 is 2.58 bits per heavy atom. The van der Waals surface area contributed by atoms with Crippen molar-refractivity contribution >= 4 is 5.70 Å². The zero-order chi connectivity index (χ0) is 13.8. The Balaban J connectivity index is 2.56. The number of nitrogens with zero attached hydrogens (tertiary/aromatic N) is 1. The monoisotopic (exact) mass is 251 g/mol. The summed E-state index contributed by atoms with van der Waals surface area (Å²) in [7, 11) is 0. The van der Waals surface area contributed by atoms with Crippen molar-refractivity contribution in [3.05, 3.63) is 65.4 Å². The van der Waals surface area contributed by atoms with Crippen LogP contribution in [0.25, 0.3) is 5.70 Å². The summed E-state index contributed by atoms with van der Waals surface area (Å²) in [6.07, 6.45) is 7.49. The fourth-order valence-corrected chi connectivity index (χ4v) is 2.11. The van der Waals surface area contributed by atoms with Crippen molar-refractivity contribution in [2.24, 2.45) is 0 Å². The summed E-state index contributed by atoms with van der Waals surface area (Å²) >= 11 is 0. The molecule has 0 atom stereocenters. The number of benzene rings is 1. The lowest BCUT2D eigenvalue weighted by Gasteiger charge is -2.32. The average Bonchev–Trinajstić information content (AvgIpc) is 2.44. The normalized spacial score (nSPS) is 15.3. The Kier molecular flexibility index (Phi) is 3.89. The van der Waals surface area contributed by atoms with Crippen LogP contribution >= 0.6 is 0 Å². The topological polar surface area (TPSA) is 12.5 Å². The Bertz CT molecular complexity index is 587. The van der Waals surface area contributed by atoms with E-state index in [1.807, 2.05) is 50.3 Å². The van der Waals surface area contributed by atoms with E-state index in [-0.39, 0.29) is 0 Å². The number of allylic oxidation sites excluding steroid dienone is 3. The van der Waals surface area contributed by atoms with Crippen LogP contribution in [-0.4, -0.2) is 11.7 Å². The molecule has 0 saturated carbocycles. The minimum absolute atomic E-state index is 0.556. The first-order valence-electron chi connectivity index (χ1n) is 6.26. The first-order chi connectivity index (χ1) is 9.19. The maximum atomic E-state index is 5.70. The van der Waals surface area contributed by atoms with Crippen molar-refractivity contribution in [1.82, 2.24) is 5.06 Å². The van der Waals surface area contributed by atoms with E-state index in [1.165, 1.54) is 0 Å². The molecule has 0 saturated heterocycles. The maximum absolute atomic E-state index is 5.70. The molecular formula is C17H17NO. The molecule has 0 fully saturated rings. The minimum Gasteiger partial charge on any atom is -0.269 e. The summed E-state index contributed by atoms with van der Waals surface area (Å²) in [5.41, 5.74) is 4.60. The van der Waals surface area contributed by atoms with Crippen LogP contribution in [0, 0.1) is 12.3 Å². The summed E-state index contributed by atoms with van der Waals surface area (Å²) in [4.78, 5) is 5.70. The SMILES string of the molecule is C#CC1=CC(C)=C(c2ccccc2)N(OCC)C1=C. The molecule has 0 aliphatic carbocycles. The molecule has 1 aromatic rings. The van der Waals surface area contributed by atoms with Crippen molar-refractivity contribution in [2.75, 3.05) is 6.61 Å². The van der Waals surface area contributed by atoms with Gasteiger partial charge in [-0.25, -0.2) is 5.06 Å². The van der Waals surface area contributed by atoms with Gasteiger partial charge < -0.3 is 0 Å². The van der Waals surface area contributed by atoms with Gasteiger partial charge in [0.05, 0.1) is 23.6 Å². The van der Waals surface area contributed by atoms with Crippen LogP contribution < -0.4 is 0 Å². The highest BCUT2D eigenvalue weighted by Crippen LogP contribution is 2.34. The van der Waals surface area contributed by atoms with Gasteiger partial charge in [0.2, 0.25) is 0 Å². The smallest absolute Gasteiger partial charge is 0.0797 e. The van der Waals surface area contributed by atoms with Crippen molar-refractivity contribution < 1.29 is 4.84 Å². The predicted octanol–water partition coefficient (Wildman–Crippen LogP) is 3.76. The zero-order valence-electron chi connectivity index (χ0n) is 11.3. The van der Waals surface area contributed by atoms with E-state index < -0.39 is 0 Å². The summed E-state index contributed by atoms with van der Waals surface area (Å²) < 4.78 is 0. The van der Waals surface area contributed by atoms with Gasteiger partial charge in [-0.05, 0) is 25.5 Å². The summed E-state index contributed by atoms with van der Waals surface area (Å²) in [5, 5.41) is 1.74. The van der Waals surface area contributed by atoms with E-state index in [9.17, 15) is 0 Å². The van der Waals surface area contributed by atoms with E-state index in [2.05, 4.69) is 12.5 Å². The Morgan fingerprint density at radius 2 is 2.00 bits per heavy atom. The van der Waals surface area contributed by atoms with Gasteiger partial charge in [0.1, 0.15) is 0 Å². The van der Waals surface area contributed by atoms with Crippen molar-refractivity contribution in [3.63, 3.8) is 0 Å². The predicted molar refractivity (Wildman–Crippen MR) is 78.6 cm³/mol. The third-order valence-corrected chi connectivity index (χ3v) is 2.95. The third-order valence-electron chi connectivity index (χ3n) is 2.95. The Morgan fingerprint density at radius 1 is 1.32 bits per heavy atom. The molecule has 0 amide bonds. The highest BCUT2D eigenvalue weighted by atomic mass is 16.7. The molecule has 0 aromatic heterocycles. The lowest BCUT2D eigenvalue weighted by Crippen LogP contribution is -2.25. The van der Waals surface area contributed by atoms with Crippen LogP contribution in [0.2, 0.25) is 0 Å². The zero-order valence-corrected chi connectivity index (χ0v) is 11.3. The summed E-state index contributed by atoms with van der Waals surface area (Å²) in [6, 6.07) is 10.1. The van der Waals surface area contributed by atoms with E-state index in [1.54, 1.807) is 5.06 Å². The molecule has 19 heavy (non-hydrogen) atoms. The second-order valence-electron chi connectivity index (χ2n) is 4.26. The molecular weight excluding hydrogens is 234 g/mol. The number of hydrogen-bond donors (Lipinski definition) is 0. The van der Waals surface area contributed by atoms with Crippen LogP contribution in [-0.2, 0) is 4.84 Å². The lowest BCUT2D eigenvalue weighted by molar-refractivity contribution is -0.0735. The molecule has 0 bridgehead atoms. The quantitative estimate of drug-likeness (QED) is 0.758. The lowest BCUT2D eigenvalue weighted by atomic mass is 9.99. The van der Waals surface area contributed by atoms with Gasteiger partial charge in [0, 0.05) is 5.56 Å². The first-order valence-corrected chi connectivity index (χ1v) is 6.26. The Hall–Kier alpha value is -2.24. The van der Waals surface area contributed by atoms with E-state index in [0.717, 1.165) is 22.4 Å². The number of hydroxylamine groups is 2. The van der Waals surface area contributed by atoms with Gasteiger partial charge in [-0.3, -0.25) is 4.84 Å². The van der Waals surface area contributed by atoms with Crippen LogP contribution in [0.4, 0.5) is 0 Å². The van der Waals surface area contributed by atoms with Crippen LogP contribution in [0.3, 0.4) is 0 Å². The second kappa shape index (κ2) is 5.60. The highest BCUT2D eigenvalue weighted by molar-refractivity contribution is 5.74. The van der Waals surface area contributed by atoms with E-state index in [4.69, 9.17) is 11.3 Å². The summed E-state index contributed by atoms with van der Waals surface area (Å²) in [5.74, 6) is 2.65. The molecule has 96 valence electrons. The molecule has 0 spiro atoms. The molecule has 0 N–H and O–H groups in total. The van der Waals surface area contributed by atoms with Gasteiger partial charge in [0.25, 0.3) is 0 Å². The largest absolute Gasteiger partial charge is 0.269 e. The van der Waals surface area contributed by atoms with Crippen molar-refractivity contribution in [2.45, 2.75) is 13.8 Å². The van der Waals surface area contributed by atoms with Gasteiger partial charge in [-0.1, -0.05) is 42.8 Å². The van der Waals surface area contributed by atoms with E-state index >= 15 is 0 Å². The number of rotatable bonds is 3. The van der Waals surface area contributed by atoms with Gasteiger partial charge in [-0.2, -0.15) is 0 Å². The fraction of sp³-hybridized carbons (Fsp3) is 0.176. The van der Waals surface area contributed by atoms with E-state index in [0.29, 0.717) is 12.3 Å². The highest BCUT2D eigenvalue weighted by Gasteiger charge is 2.23.